The first-order valence-corrected chi connectivity index (χ1v) is 51.7. The van der Waals surface area contributed by atoms with E-state index < -0.39 is 55.5 Å². The minimum atomic E-state index is -4.56. The van der Waals surface area contributed by atoms with Gasteiger partial charge in [-0.3, -0.25) is 42.7 Å². The molecule has 4 aromatic carbocycles. The minimum absolute atomic E-state index is 0.0255. The van der Waals surface area contributed by atoms with Gasteiger partial charge in [0, 0.05) is 145 Å². The number of nitrogens with two attached hydrogens (primary N) is 2. The maximum absolute atomic E-state index is 13.6. The van der Waals surface area contributed by atoms with Crippen molar-refractivity contribution in [2.24, 2.45) is 33.3 Å². The van der Waals surface area contributed by atoms with Crippen LogP contribution < -0.4 is 58.3 Å². The van der Waals surface area contributed by atoms with Crippen LogP contribution >= 0.6 is 23.5 Å². The molecule has 4 aromatic rings. The van der Waals surface area contributed by atoms with Crippen molar-refractivity contribution in [1.29, 1.82) is 0 Å². The average Bonchev–Trinajstić information content (AvgIpc) is 1.58. The third-order valence-electron chi connectivity index (χ3n) is 25.5. The number of unbranched alkanes of at least 4 members (excludes halogenated alkanes) is 7. The number of aliphatic imine (C=N–C) groups is 2. The number of ether oxygens (including phenoxy) is 5. The maximum Gasteiger partial charge on any atom is 0.319 e. The van der Waals surface area contributed by atoms with E-state index in [2.05, 4.69) is 114 Å². The molecule has 0 spiro atoms. The van der Waals surface area contributed by atoms with Crippen molar-refractivity contribution in [2.75, 3.05) is 99.2 Å². The van der Waals surface area contributed by atoms with Crippen molar-refractivity contribution >= 4 is 137 Å². The smallest absolute Gasteiger partial charge is 0.319 e. The Morgan fingerprint density at radius 1 is 0.586 bits per heavy atom. The first-order valence-electron chi connectivity index (χ1n) is 46.8. The van der Waals surface area contributed by atoms with E-state index in [0.29, 0.717) is 142 Å². The molecular formula is C97H134N13O19S4+. The highest BCUT2D eigenvalue weighted by molar-refractivity contribution is 8.00. The molecule has 36 heteroatoms. The summed E-state index contributed by atoms with van der Waals surface area (Å²) in [6.07, 6.45) is 22.8. The summed E-state index contributed by atoms with van der Waals surface area (Å²) in [6, 6.07) is 23.6. The third-order valence-corrected chi connectivity index (χ3v) is 30.2. The molecule has 0 bridgehead atoms. The van der Waals surface area contributed by atoms with Crippen LogP contribution in [0.1, 0.15) is 219 Å². The number of anilines is 4. The molecular weight excluding hydrogens is 1780 g/mol. The summed E-state index contributed by atoms with van der Waals surface area (Å²) in [5, 5.41) is 21.3. The maximum atomic E-state index is 13.6. The van der Waals surface area contributed by atoms with Gasteiger partial charge in [-0.1, -0.05) is 83.6 Å². The third kappa shape index (κ3) is 29.8. The van der Waals surface area contributed by atoms with Crippen molar-refractivity contribution in [3.05, 3.63) is 143 Å². The summed E-state index contributed by atoms with van der Waals surface area (Å²) in [7, 11) is -6.45. The minimum Gasteiger partial charge on any atom is -0.469 e. The Morgan fingerprint density at radius 3 is 1.68 bits per heavy atom. The quantitative estimate of drug-likeness (QED) is 0.00846. The van der Waals surface area contributed by atoms with E-state index in [1.54, 1.807) is 24.3 Å². The second-order valence-corrected chi connectivity index (χ2v) is 41.5. The predicted octanol–water partition coefficient (Wildman–Crippen LogP) is 13.7. The number of ketones is 2. The average molecular weight is 1910 g/mol. The fourth-order valence-electron chi connectivity index (χ4n) is 18.5. The number of rotatable bonds is 54. The van der Waals surface area contributed by atoms with Crippen LogP contribution in [0.15, 0.2) is 152 Å². The van der Waals surface area contributed by atoms with Gasteiger partial charge in [0.05, 0.1) is 91.9 Å². The Balaban J connectivity index is 0.627. The van der Waals surface area contributed by atoms with Crippen LogP contribution in [-0.2, 0) is 83.6 Å². The molecule has 11 rings (SSSR count). The van der Waals surface area contributed by atoms with Crippen LogP contribution in [0, 0.1) is 11.8 Å². The number of para-hydroxylation sites is 1. The number of esters is 2. The molecule has 0 unspecified atom stereocenters. The molecule has 0 aromatic heterocycles. The zero-order valence-electron chi connectivity index (χ0n) is 77.6. The Morgan fingerprint density at radius 2 is 1.12 bits per heavy atom. The second kappa shape index (κ2) is 49.5. The highest BCUT2D eigenvalue weighted by Crippen LogP contribution is 2.50. The number of benzene rings is 4. The number of amides is 5. The fourth-order valence-corrected chi connectivity index (χ4v) is 22.5. The standard InChI is InChI=1S/C97H133N13O19S4/c1-8-9-49-109-79-31-17-16-30-75(79)96(2,3)83(109)45-37-63-26-23-27-64(90(63)129-72-39-41-73(42-40-72)132(119,120)121)38-46-84-97(4,5)76-60-74(133(122,123)124)43-44-80(76)110(84)50-22-10-11-34-85(113)100-47-51-127-53-54-128-52-48-101-95(118)104-69-58-67(102-86(114)35-20-12-24-65(91(116)125-6)55-70(111)28-14-18-32-81-88-77(61-130-81)105-93(98)107-88)57-68(59-69)103-87(115)36-21-13-25-66(92(117)126-7)56-71(112)29-15-19-33-82-89-78(62-131-82)106-94(99)108-89/h16-17,30-31,37-46,57-60,65-66,77-78,81-82,88-89H,8-15,18-29,32-36,47-56,61-62H2,1-7H3,(H12-,98,99,100,101,102,103,104,105,106,107,108,113,114,115,118,119,120,121,122,123,124)/p+1/t65-,66-,77+,78+,81+,82+,88+,89+/m1/s1. The fraction of sp³-hybridized carbons (Fsp3) is 0.557. The van der Waals surface area contributed by atoms with E-state index in [4.69, 9.17) is 35.2 Å². The molecule has 8 atom stereocenters. The van der Waals surface area contributed by atoms with Gasteiger partial charge in [0.15, 0.2) is 17.6 Å². The highest BCUT2D eigenvalue weighted by atomic mass is 32.2. The molecule has 5 amide bonds. The number of nitrogens with zero attached hydrogens (tertiary/aromatic N) is 4. The number of allylic oxidation sites excluding steroid dienone is 7. The topological polar surface area (TPSA) is 459 Å². The van der Waals surface area contributed by atoms with Gasteiger partial charge in [0.2, 0.25) is 23.4 Å². The number of Topliss-reactive ketones (excluding diaryl/α,β-unsaturated/α-hetero) is 2. The predicted molar refractivity (Wildman–Crippen MR) is 519 cm³/mol. The molecule has 2 fully saturated rings. The van der Waals surface area contributed by atoms with Crippen molar-refractivity contribution in [3.63, 3.8) is 0 Å². The zero-order chi connectivity index (χ0) is 95.4. The molecule has 6 heterocycles. The number of carbonyl (C=O) groups excluding carboxylic acids is 8. The zero-order valence-corrected chi connectivity index (χ0v) is 80.9. The lowest BCUT2D eigenvalue weighted by Gasteiger charge is -2.27. The van der Waals surface area contributed by atoms with E-state index in [0.717, 1.165) is 91.2 Å². The monoisotopic (exact) mass is 1910 g/mol. The van der Waals surface area contributed by atoms with Gasteiger partial charge in [0.1, 0.15) is 29.6 Å². The molecule has 32 nitrogen and oxygen atoms in total. The summed E-state index contributed by atoms with van der Waals surface area (Å²) >= 11 is 3.74. The molecule has 6 aliphatic heterocycles. The summed E-state index contributed by atoms with van der Waals surface area (Å²) in [4.78, 5) is 117. The van der Waals surface area contributed by atoms with Gasteiger partial charge < -0.3 is 77.3 Å². The lowest BCUT2D eigenvalue weighted by atomic mass is 9.81. The van der Waals surface area contributed by atoms with E-state index in [1.807, 2.05) is 49.5 Å². The van der Waals surface area contributed by atoms with Crippen molar-refractivity contribution in [3.8, 4) is 5.75 Å². The largest absolute Gasteiger partial charge is 0.469 e. The van der Waals surface area contributed by atoms with E-state index in [9.17, 15) is 64.3 Å². The number of thioether (sulfide) groups is 2. The summed E-state index contributed by atoms with van der Waals surface area (Å²) < 4.78 is 100. The van der Waals surface area contributed by atoms with Crippen molar-refractivity contribution in [1.82, 2.24) is 21.3 Å². The van der Waals surface area contributed by atoms with Crippen molar-refractivity contribution < 1.29 is 92.6 Å². The lowest BCUT2D eigenvalue weighted by Crippen LogP contribution is -2.38. The van der Waals surface area contributed by atoms with E-state index >= 15 is 0 Å². The first-order chi connectivity index (χ1) is 63.7. The van der Waals surface area contributed by atoms with Crippen LogP contribution in [-0.4, -0.2) is 208 Å². The number of guanidine groups is 2. The molecule has 0 radical (unpaired) electrons. The van der Waals surface area contributed by atoms with Gasteiger partial charge in [-0.2, -0.15) is 44.9 Å². The number of methoxy groups -OCH3 is 2. The first kappa shape index (κ1) is 104. The van der Waals surface area contributed by atoms with Gasteiger partial charge in [-0.25, -0.2) is 14.8 Å². The van der Waals surface area contributed by atoms with E-state index in [1.165, 1.54) is 61.9 Å². The summed E-state index contributed by atoms with van der Waals surface area (Å²) in [5.41, 5.74) is 19.3. The normalized spacial score (nSPS) is 20.3. The molecule has 0 saturated carbocycles. The summed E-state index contributed by atoms with van der Waals surface area (Å²) in [5.74, 6) is 0.584. The van der Waals surface area contributed by atoms with Gasteiger partial charge >= 0.3 is 18.0 Å². The van der Waals surface area contributed by atoms with Crippen molar-refractivity contribution in [2.45, 2.75) is 263 Å². The van der Waals surface area contributed by atoms with Crippen LogP contribution in [0.25, 0.3) is 0 Å². The molecule has 133 heavy (non-hydrogen) atoms. The van der Waals surface area contributed by atoms with Gasteiger partial charge in [-0.05, 0) is 187 Å². The number of fused-ring (bicyclic) bond motifs is 4. The van der Waals surface area contributed by atoms with Crippen LogP contribution in [0.3, 0.4) is 0 Å². The lowest BCUT2D eigenvalue weighted by molar-refractivity contribution is -0.438. The van der Waals surface area contributed by atoms with Crippen LogP contribution in [0.5, 0.6) is 5.75 Å². The Hall–Kier alpha value is -9.95. The Bertz CT molecular complexity index is 5140. The second-order valence-electron chi connectivity index (χ2n) is 36.1. The molecule has 13 N–H and O–H groups in total. The number of hydrogen-bond acceptors (Lipinski definition) is 26. The van der Waals surface area contributed by atoms with Crippen LogP contribution in [0.4, 0.5) is 33.2 Å². The Kier molecular flexibility index (Phi) is 38.5. The number of nitrogens with one attached hydrogen (secondary N) is 7. The number of hydrogen-bond donors (Lipinski definition) is 11. The molecule has 7 aliphatic rings. The summed E-state index contributed by atoms with van der Waals surface area (Å²) in [6.45, 7) is 13.1. The van der Waals surface area contributed by atoms with Gasteiger partial charge in [0.25, 0.3) is 20.2 Å². The Labute approximate surface area is 790 Å². The van der Waals surface area contributed by atoms with Gasteiger partial charge in [-0.15, -0.1) is 0 Å². The highest BCUT2D eigenvalue weighted by Gasteiger charge is 2.46. The number of urea groups is 1. The number of carbonyl (C=O) groups is 8. The SMILES string of the molecule is CCCC[N+]1=C(C=CC2=C(Oc3ccc(S(=O)(=O)O)cc3)C(=CC=C3N(CCCCCC(=O)NCCOCCOCCNC(=O)Nc4cc(NC(=O)CCCC[C@H](CC(=O)CCCC[C@@H]5SC[C@@H]6NC(N)=N[C@@H]65)C(=O)OC)cc(NC(=O)CCCC[C@H](CC(=O)CCCC[C@@H]5SC[C@@H]6NC(N)=N[C@@H]65)C(=O)OC)c4)c4ccc(S(=O)(=O)O)cc4C3(C)C)CCC2)C(C)(C)c2ccccc21. The van der Waals surface area contributed by atoms with E-state index in [-0.39, 0.29) is 157 Å². The molecule has 2 saturated heterocycles. The molecule has 724 valence electrons. The molecule has 1 aliphatic carbocycles. The van der Waals surface area contributed by atoms with Crippen LogP contribution in [0.2, 0.25) is 0 Å².